The van der Waals surface area contributed by atoms with E-state index in [1.807, 2.05) is 39.0 Å². The normalized spacial score (nSPS) is 17.5. The molecule has 0 fully saturated rings. The second-order valence-corrected chi connectivity index (χ2v) is 7.83. The minimum absolute atomic E-state index is 0.135. The molecule has 6 heteroatoms. The Morgan fingerprint density at radius 1 is 1.29 bits per heavy atom. The zero-order chi connectivity index (χ0) is 17.5. The number of hydrogen-bond donors (Lipinski definition) is 1. The van der Waals surface area contributed by atoms with Gasteiger partial charge in [-0.15, -0.1) is 11.3 Å². The van der Waals surface area contributed by atoms with Crippen molar-refractivity contribution in [3.63, 3.8) is 0 Å². The van der Waals surface area contributed by atoms with Crippen LogP contribution >= 0.6 is 11.3 Å². The average Bonchev–Trinajstić information content (AvgIpc) is 3.03. The highest BCUT2D eigenvalue weighted by Crippen LogP contribution is 2.32. The number of thiazole rings is 1. The first-order valence-corrected chi connectivity index (χ1v) is 8.74. The van der Waals surface area contributed by atoms with Crippen molar-refractivity contribution < 1.29 is 14.7 Å². The summed E-state index contributed by atoms with van der Waals surface area (Å²) in [7, 11) is 0. The van der Waals surface area contributed by atoms with Gasteiger partial charge in [-0.25, -0.2) is 9.78 Å². The molecule has 3 rings (SSSR count). The van der Waals surface area contributed by atoms with E-state index in [1.165, 1.54) is 16.2 Å². The lowest BCUT2D eigenvalue weighted by Crippen LogP contribution is -2.43. The summed E-state index contributed by atoms with van der Waals surface area (Å²) in [5.74, 6) is -1.33. The Balaban J connectivity index is 1.95. The largest absolute Gasteiger partial charge is 0.479 e. The molecule has 1 aliphatic heterocycles. The highest BCUT2D eigenvalue weighted by atomic mass is 32.1. The van der Waals surface area contributed by atoms with Gasteiger partial charge in [0.05, 0.1) is 5.01 Å². The molecule has 1 aromatic heterocycles. The van der Waals surface area contributed by atoms with Crippen LogP contribution in [0.2, 0.25) is 0 Å². The van der Waals surface area contributed by atoms with E-state index in [0.29, 0.717) is 24.2 Å². The summed E-state index contributed by atoms with van der Waals surface area (Å²) in [6.45, 7) is 6.50. The molecule has 1 atom stereocenters. The molecule has 126 valence electrons. The molecule has 1 amide bonds. The maximum atomic E-state index is 12.9. The number of aromatic nitrogens is 1. The lowest BCUT2D eigenvalue weighted by Gasteiger charge is -2.34. The summed E-state index contributed by atoms with van der Waals surface area (Å²) in [6.07, 6.45) is 0.655. The average molecular weight is 344 g/mol. The predicted molar refractivity (Wildman–Crippen MR) is 92.4 cm³/mol. The minimum atomic E-state index is -1.01. The van der Waals surface area contributed by atoms with E-state index in [2.05, 4.69) is 4.98 Å². The third-order valence-corrected chi connectivity index (χ3v) is 5.41. The molecule has 0 aliphatic carbocycles. The van der Waals surface area contributed by atoms with Crippen molar-refractivity contribution in [2.75, 3.05) is 6.54 Å². The maximum absolute atomic E-state index is 12.9. The van der Waals surface area contributed by atoms with Gasteiger partial charge in [0.15, 0.2) is 6.04 Å². The monoisotopic (exact) mass is 344 g/mol. The molecule has 1 aromatic carbocycles. The lowest BCUT2D eigenvalue weighted by atomic mass is 9.92. The third-order valence-electron chi connectivity index (χ3n) is 4.14. The number of aliphatic carboxylic acids is 1. The number of rotatable bonds is 2. The molecule has 5 nitrogen and oxygen atoms in total. The van der Waals surface area contributed by atoms with E-state index in [4.69, 9.17) is 0 Å². The molecule has 0 bridgehead atoms. The van der Waals surface area contributed by atoms with Crippen molar-refractivity contribution in [1.82, 2.24) is 9.88 Å². The van der Waals surface area contributed by atoms with Gasteiger partial charge in [0.25, 0.3) is 5.91 Å². The van der Waals surface area contributed by atoms with E-state index >= 15 is 0 Å². The smallest absolute Gasteiger partial charge is 0.331 e. The summed E-state index contributed by atoms with van der Waals surface area (Å²) in [6, 6.07) is 6.46. The molecule has 0 spiro atoms. The zero-order valence-electron chi connectivity index (χ0n) is 13.9. The number of fused-ring (bicyclic) bond motifs is 1. The number of carbonyl (C=O) groups is 2. The first-order valence-electron chi connectivity index (χ1n) is 7.86. The van der Waals surface area contributed by atoms with Crippen molar-refractivity contribution in [2.45, 2.75) is 38.6 Å². The van der Waals surface area contributed by atoms with Gasteiger partial charge >= 0.3 is 5.97 Å². The fraction of sp³-hybridized carbons (Fsp3) is 0.389. The van der Waals surface area contributed by atoms with Crippen molar-refractivity contribution in [3.05, 3.63) is 51.5 Å². The van der Waals surface area contributed by atoms with Gasteiger partial charge < -0.3 is 10.0 Å². The Kier molecular flexibility index (Phi) is 4.17. The van der Waals surface area contributed by atoms with Gasteiger partial charge in [0, 0.05) is 17.3 Å². The SMILES string of the molecule is CC(C)(C)c1nc(C(=O)N2CCc3ccccc3C2C(=O)O)cs1. The van der Waals surface area contributed by atoms with Crippen LogP contribution in [-0.4, -0.2) is 33.4 Å². The van der Waals surface area contributed by atoms with Crippen molar-refractivity contribution in [2.24, 2.45) is 0 Å². The van der Waals surface area contributed by atoms with E-state index in [9.17, 15) is 14.7 Å². The maximum Gasteiger partial charge on any atom is 0.331 e. The Morgan fingerprint density at radius 2 is 2.00 bits per heavy atom. The highest BCUT2D eigenvalue weighted by molar-refractivity contribution is 7.10. The molecule has 2 aromatic rings. The summed E-state index contributed by atoms with van der Waals surface area (Å²) < 4.78 is 0. The number of carboxylic acid groups (broad SMARTS) is 1. The van der Waals surface area contributed by atoms with Crippen molar-refractivity contribution in [3.8, 4) is 0 Å². The predicted octanol–water partition coefficient (Wildman–Crippen LogP) is 3.26. The molecule has 24 heavy (non-hydrogen) atoms. The Hall–Kier alpha value is -2.21. The van der Waals surface area contributed by atoms with Crippen LogP contribution in [0.1, 0.15) is 53.4 Å². The summed E-state index contributed by atoms with van der Waals surface area (Å²) in [5.41, 5.74) is 1.87. The van der Waals surface area contributed by atoms with Crippen LogP contribution in [0.3, 0.4) is 0 Å². The van der Waals surface area contributed by atoms with Gasteiger partial charge in [-0.2, -0.15) is 0 Å². The fourth-order valence-corrected chi connectivity index (χ4v) is 3.80. The standard InChI is InChI=1S/C18H20N2O3S/c1-18(2,3)17-19-13(10-24-17)15(21)20-9-8-11-6-4-5-7-12(11)14(20)16(22)23/h4-7,10,14H,8-9H2,1-3H3,(H,22,23). The Morgan fingerprint density at radius 3 is 2.62 bits per heavy atom. The molecule has 2 heterocycles. The van der Waals surface area contributed by atoms with Crippen LogP contribution in [0.25, 0.3) is 0 Å². The van der Waals surface area contributed by atoms with Gasteiger partial charge in [-0.1, -0.05) is 45.0 Å². The molecule has 0 saturated heterocycles. The van der Waals surface area contributed by atoms with E-state index in [1.54, 1.807) is 11.4 Å². The van der Waals surface area contributed by atoms with Crippen LogP contribution in [0.4, 0.5) is 0 Å². The molecule has 0 radical (unpaired) electrons. The summed E-state index contributed by atoms with van der Waals surface area (Å²) in [4.78, 5) is 30.6. The number of hydrogen-bond acceptors (Lipinski definition) is 4. The molecule has 1 unspecified atom stereocenters. The summed E-state index contributed by atoms with van der Waals surface area (Å²) >= 11 is 1.44. The van der Waals surface area contributed by atoms with Crippen LogP contribution in [0, 0.1) is 0 Å². The Labute approximate surface area is 145 Å². The topological polar surface area (TPSA) is 70.5 Å². The molecular weight excluding hydrogens is 324 g/mol. The number of carboxylic acids is 1. The second-order valence-electron chi connectivity index (χ2n) is 6.98. The third kappa shape index (κ3) is 2.94. The molecule has 1 aliphatic rings. The van der Waals surface area contributed by atoms with Crippen LogP contribution in [-0.2, 0) is 16.6 Å². The first kappa shape index (κ1) is 16.6. The molecule has 0 saturated carbocycles. The molecule has 1 N–H and O–H groups in total. The van der Waals surface area contributed by atoms with Crippen LogP contribution in [0.15, 0.2) is 29.6 Å². The van der Waals surface area contributed by atoms with Crippen molar-refractivity contribution in [1.29, 1.82) is 0 Å². The van der Waals surface area contributed by atoms with E-state index < -0.39 is 12.0 Å². The first-order chi connectivity index (χ1) is 11.3. The van der Waals surface area contributed by atoms with Gasteiger partial charge in [0.1, 0.15) is 5.69 Å². The summed E-state index contributed by atoms with van der Waals surface area (Å²) in [5, 5.41) is 12.3. The highest BCUT2D eigenvalue weighted by Gasteiger charge is 2.37. The Bertz CT molecular complexity index is 792. The van der Waals surface area contributed by atoms with Crippen LogP contribution in [0.5, 0.6) is 0 Å². The number of benzene rings is 1. The van der Waals surface area contributed by atoms with E-state index in [0.717, 1.165) is 10.6 Å². The molecular formula is C18H20N2O3S. The second kappa shape index (κ2) is 6.02. The quantitative estimate of drug-likeness (QED) is 0.908. The number of carbonyl (C=O) groups excluding carboxylic acids is 1. The zero-order valence-corrected chi connectivity index (χ0v) is 14.8. The lowest BCUT2D eigenvalue weighted by molar-refractivity contribution is -0.143. The fourth-order valence-electron chi connectivity index (χ4n) is 2.92. The van der Waals surface area contributed by atoms with Gasteiger partial charge in [0.2, 0.25) is 0 Å². The minimum Gasteiger partial charge on any atom is -0.479 e. The van der Waals surface area contributed by atoms with Gasteiger partial charge in [-0.05, 0) is 17.5 Å². The van der Waals surface area contributed by atoms with Crippen molar-refractivity contribution >= 4 is 23.2 Å². The number of amides is 1. The van der Waals surface area contributed by atoms with Gasteiger partial charge in [-0.3, -0.25) is 4.79 Å². The van der Waals surface area contributed by atoms with E-state index in [-0.39, 0.29) is 11.3 Å². The van der Waals surface area contributed by atoms with Crippen LogP contribution < -0.4 is 0 Å². The number of nitrogens with zero attached hydrogens (tertiary/aromatic N) is 2.